The molecule has 1 aliphatic rings. The lowest BCUT2D eigenvalue weighted by Gasteiger charge is -2.24. The monoisotopic (exact) mass is 248 g/mol. The summed E-state index contributed by atoms with van der Waals surface area (Å²) in [4.78, 5) is 12.1. The maximum Gasteiger partial charge on any atom is 0.316 e. The number of esters is 1. The Hall–Kier alpha value is -1.35. The van der Waals surface area contributed by atoms with Crippen LogP contribution in [-0.4, -0.2) is 23.8 Å². The lowest BCUT2D eigenvalue weighted by molar-refractivity contribution is -0.153. The summed E-state index contributed by atoms with van der Waals surface area (Å²) < 4.78 is 5.50. The number of aliphatic hydroxyl groups is 1. The Kier molecular flexibility index (Phi) is 4.76. The van der Waals surface area contributed by atoms with E-state index in [9.17, 15) is 9.90 Å². The molecule has 1 aromatic rings. The van der Waals surface area contributed by atoms with E-state index in [4.69, 9.17) is 4.74 Å². The van der Waals surface area contributed by atoms with E-state index < -0.39 is 5.92 Å². The van der Waals surface area contributed by atoms with Crippen LogP contribution in [0, 0.1) is 0 Å². The zero-order valence-corrected chi connectivity index (χ0v) is 10.5. The molecule has 0 amide bonds. The average Bonchev–Trinajstić information content (AvgIpc) is 2.42. The van der Waals surface area contributed by atoms with Crippen molar-refractivity contribution in [2.45, 2.75) is 44.1 Å². The van der Waals surface area contributed by atoms with Crippen molar-refractivity contribution in [3.05, 3.63) is 35.9 Å². The molecule has 0 bridgehead atoms. The lowest BCUT2D eigenvalue weighted by atomic mass is 9.97. The van der Waals surface area contributed by atoms with Crippen LogP contribution in [0.5, 0.6) is 0 Å². The highest BCUT2D eigenvalue weighted by Gasteiger charge is 2.25. The van der Waals surface area contributed by atoms with Gasteiger partial charge in [0.1, 0.15) is 12.0 Å². The Bertz CT molecular complexity index is 369. The largest absolute Gasteiger partial charge is 0.462 e. The smallest absolute Gasteiger partial charge is 0.316 e. The minimum atomic E-state index is -0.548. The molecular weight excluding hydrogens is 228 g/mol. The van der Waals surface area contributed by atoms with E-state index >= 15 is 0 Å². The Labute approximate surface area is 108 Å². The third-order valence-corrected chi connectivity index (χ3v) is 3.50. The second kappa shape index (κ2) is 6.55. The summed E-state index contributed by atoms with van der Waals surface area (Å²) >= 11 is 0. The fourth-order valence-corrected chi connectivity index (χ4v) is 2.43. The molecule has 0 radical (unpaired) electrons. The normalized spacial score (nSPS) is 18.3. The fourth-order valence-electron chi connectivity index (χ4n) is 2.43. The minimum absolute atomic E-state index is 0.0454. The molecule has 1 aliphatic carbocycles. The molecule has 0 aromatic heterocycles. The second-order valence-corrected chi connectivity index (χ2v) is 4.84. The standard InChI is InChI=1S/C15H20O3/c16-11-14(12-7-3-1-4-8-12)15(17)18-13-9-5-2-6-10-13/h1,3-4,7-8,13-14,16H,2,5-6,9-11H2. The number of aliphatic hydroxyl groups excluding tert-OH is 1. The van der Waals surface area contributed by atoms with Crippen LogP contribution in [-0.2, 0) is 9.53 Å². The first-order valence-corrected chi connectivity index (χ1v) is 6.67. The molecule has 18 heavy (non-hydrogen) atoms. The van der Waals surface area contributed by atoms with Gasteiger partial charge in [0, 0.05) is 0 Å². The van der Waals surface area contributed by atoms with Crippen molar-refractivity contribution in [3.63, 3.8) is 0 Å². The molecule has 0 aliphatic heterocycles. The summed E-state index contributed by atoms with van der Waals surface area (Å²) in [7, 11) is 0. The van der Waals surface area contributed by atoms with Crippen LogP contribution in [0.25, 0.3) is 0 Å². The van der Waals surface area contributed by atoms with Gasteiger partial charge in [-0.25, -0.2) is 0 Å². The quantitative estimate of drug-likeness (QED) is 0.833. The number of carbonyl (C=O) groups excluding carboxylic acids is 1. The first-order chi connectivity index (χ1) is 8.81. The van der Waals surface area contributed by atoms with Gasteiger partial charge >= 0.3 is 5.97 Å². The average molecular weight is 248 g/mol. The van der Waals surface area contributed by atoms with Crippen molar-refractivity contribution < 1.29 is 14.6 Å². The van der Waals surface area contributed by atoms with Crippen LogP contribution in [0.3, 0.4) is 0 Å². The molecule has 0 saturated heterocycles. The predicted molar refractivity (Wildman–Crippen MR) is 69.2 cm³/mol. The maximum absolute atomic E-state index is 12.1. The summed E-state index contributed by atoms with van der Waals surface area (Å²) in [6.45, 7) is -0.199. The zero-order chi connectivity index (χ0) is 12.8. The van der Waals surface area contributed by atoms with E-state index in [1.165, 1.54) is 6.42 Å². The van der Waals surface area contributed by atoms with Crippen molar-refractivity contribution in [2.75, 3.05) is 6.61 Å². The van der Waals surface area contributed by atoms with Gasteiger partial charge in [-0.2, -0.15) is 0 Å². The lowest BCUT2D eigenvalue weighted by Crippen LogP contribution is -2.26. The Morgan fingerprint density at radius 1 is 1.22 bits per heavy atom. The number of hydrogen-bond donors (Lipinski definition) is 1. The molecule has 3 heteroatoms. The maximum atomic E-state index is 12.1. The van der Waals surface area contributed by atoms with Crippen LogP contribution in [0.2, 0.25) is 0 Å². The van der Waals surface area contributed by atoms with E-state index in [0.717, 1.165) is 31.2 Å². The van der Waals surface area contributed by atoms with Gasteiger partial charge in [-0.15, -0.1) is 0 Å². The second-order valence-electron chi connectivity index (χ2n) is 4.84. The van der Waals surface area contributed by atoms with Crippen molar-refractivity contribution in [3.8, 4) is 0 Å². The van der Waals surface area contributed by atoms with Gasteiger partial charge in [0.25, 0.3) is 0 Å². The number of ether oxygens (including phenoxy) is 1. The van der Waals surface area contributed by atoms with E-state index in [0.29, 0.717) is 0 Å². The van der Waals surface area contributed by atoms with E-state index in [1.807, 2.05) is 30.3 Å². The van der Waals surface area contributed by atoms with Crippen LogP contribution >= 0.6 is 0 Å². The van der Waals surface area contributed by atoms with Crippen molar-refractivity contribution in [2.24, 2.45) is 0 Å². The molecule has 1 aromatic carbocycles. The van der Waals surface area contributed by atoms with Crippen molar-refractivity contribution >= 4 is 5.97 Å². The third kappa shape index (κ3) is 3.33. The molecule has 0 spiro atoms. The van der Waals surface area contributed by atoms with Gasteiger partial charge in [0.15, 0.2) is 0 Å². The molecule has 98 valence electrons. The summed E-state index contributed by atoms with van der Waals surface area (Å²) in [6, 6.07) is 9.33. The van der Waals surface area contributed by atoms with Gasteiger partial charge in [0.2, 0.25) is 0 Å². The van der Waals surface area contributed by atoms with Crippen LogP contribution in [0.4, 0.5) is 0 Å². The van der Waals surface area contributed by atoms with E-state index in [2.05, 4.69) is 0 Å². The molecule has 1 unspecified atom stereocenters. The SMILES string of the molecule is O=C(OC1CCCCC1)C(CO)c1ccccc1. The number of benzene rings is 1. The van der Waals surface area contributed by atoms with Gasteiger partial charge in [-0.05, 0) is 31.2 Å². The van der Waals surface area contributed by atoms with Crippen LogP contribution in [0.1, 0.15) is 43.6 Å². The molecule has 2 rings (SSSR count). The molecule has 1 saturated carbocycles. The first kappa shape index (κ1) is 13.1. The highest BCUT2D eigenvalue weighted by atomic mass is 16.5. The van der Waals surface area contributed by atoms with Crippen molar-refractivity contribution in [1.29, 1.82) is 0 Å². The van der Waals surface area contributed by atoms with Gasteiger partial charge < -0.3 is 9.84 Å². The Morgan fingerprint density at radius 3 is 2.50 bits per heavy atom. The fraction of sp³-hybridized carbons (Fsp3) is 0.533. The highest BCUT2D eigenvalue weighted by Crippen LogP contribution is 2.23. The number of carbonyl (C=O) groups is 1. The summed E-state index contributed by atoms with van der Waals surface area (Å²) in [6.07, 6.45) is 5.46. The molecule has 1 atom stereocenters. The van der Waals surface area contributed by atoms with Crippen LogP contribution in [0.15, 0.2) is 30.3 Å². The first-order valence-electron chi connectivity index (χ1n) is 6.67. The van der Waals surface area contributed by atoms with Gasteiger partial charge in [-0.3, -0.25) is 4.79 Å². The highest BCUT2D eigenvalue weighted by molar-refractivity contribution is 5.78. The predicted octanol–water partition coefficient (Wildman–Crippen LogP) is 2.64. The minimum Gasteiger partial charge on any atom is -0.462 e. The topological polar surface area (TPSA) is 46.5 Å². The van der Waals surface area contributed by atoms with Gasteiger partial charge in [0.05, 0.1) is 6.61 Å². The van der Waals surface area contributed by atoms with Gasteiger partial charge in [-0.1, -0.05) is 36.8 Å². The molecule has 3 nitrogen and oxygen atoms in total. The molecule has 1 fully saturated rings. The summed E-state index contributed by atoms with van der Waals surface area (Å²) in [5.41, 5.74) is 0.820. The number of rotatable bonds is 4. The summed E-state index contributed by atoms with van der Waals surface area (Å²) in [5.74, 6) is -0.844. The number of hydrogen-bond acceptors (Lipinski definition) is 3. The molecule has 0 heterocycles. The van der Waals surface area contributed by atoms with E-state index in [-0.39, 0.29) is 18.7 Å². The molecular formula is C15H20O3. The van der Waals surface area contributed by atoms with E-state index in [1.54, 1.807) is 0 Å². The Morgan fingerprint density at radius 2 is 1.89 bits per heavy atom. The summed E-state index contributed by atoms with van der Waals surface area (Å²) in [5, 5.41) is 9.38. The Balaban J connectivity index is 1.97. The van der Waals surface area contributed by atoms with Crippen molar-refractivity contribution in [1.82, 2.24) is 0 Å². The molecule has 1 N–H and O–H groups in total. The van der Waals surface area contributed by atoms with Crippen LogP contribution < -0.4 is 0 Å². The third-order valence-electron chi connectivity index (χ3n) is 3.50. The zero-order valence-electron chi connectivity index (χ0n) is 10.5.